The predicted octanol–water partition coefficient (Wildman–Crippen LogP) is 3.60. The minimum Gasteiger partial charge on any atom is -0.488 e. The summed E-state index contributed by atoms with van der Waals surface area (Å²) in [6, 6.07) is 7.32. The highest BCUT2D eigenvalue weighted by atomic mass is 16.5. The van der Waals surface area contributed by atoms with Gasteiger partial charge >= 0.3 is 0 Å². The highest BCUT2D eigenvalue weighted by molar-refractivity contribution is 5.40. The summed E-state index contributed by atoms with van der Waals surface area (Å²) in [5.41, 5.74) is 2.83. The van der Waals surface area contributed by atoms with Gasteiger partial charge in [-0.3, -0.25) is 0 Å². The van der Waals surface area contributed by atoms with Crippen molar-refractivity contribution in [2.75, 3.05) is 6.54 Å². The van der Waals surface area contributed by atoms with Crippen LogP contribution in [0.1, 0.15) is 56.7 Å². The lowest BCUT2D eigenvalue weighted by atomic mass is 9.90. The average molecular weight is 245 g/mol. The molecule has 0 spiro atoms. The molecule has 1 aromatic carbocycles. The number of benzene rings is 1. The minimum atomic E-state index is -0.00238. The molecule has 1 atom stereocenters. The molecule has 2 heterocycles. The van der Waals surface area contributed by atoms with Gasteiger partial charge in [-0.25, -0.2) is 0 Å². The summed E-state index contributed by atoms with van der Waals surface area (Å²) in [5, 5.41) is 3.62. The monoisotopic (exact) mass is 245 g/mol. The van der Waals surface area contributed by atoms with Gasteiger partial charge in [0.2, 0.25) is 0 Å². The zero-order valence-electron chi connectivity index (χ0n) is 11.5. The Labute approximate surface area is 110 Å². The molecule has 0 bridgehead atoms. The van der Waals surface area contributed by atoms with Gasteiger partial charge in [-0.1, -0.05) is 18.6 Å². The van der Waals surface area contributed by atoms with Crippen molar-refractivity contribution in [3.05, 3.63) is 29.3 Å². The summed E-state index contributed by atoms with van der Waals surface area (Å²) in [6.07, 6.45) is 6.19. The van der Waals surface area contributed by atoms with E-state index >= 15 is 0 Å². The maximum Gasteiger partial charge on any atom is 0.123 e. The molecular weight excluding hydrogens is 222 g/mol. The number of piperidine rings is 1. The molecule has 1 aromatic rings. The van der Waals surface area contributed by atoms with Crippen LogP contribution < -0.4 is 10.1 Å². The molecule has 3 rings (SSSR count). The van der Waals surface area contributed by atoms with Crippen LogP contribution >= 0.6 is 0 Å². The molecule has 1 N–H and O–H groups in total. The van der Waals surface area contributed by atoms with Crippen molar-refractivity contribution in [1.82, 2.24) is 5.32 Å². The number of fused-ring (bicyclic) bond motifs is 1. The third kappa shape index (κ3) is 2.39. The first kappa shape index (κ1) is 12.0. The molecule has 0 aromatic heterocycles. The van der Waals surface area contributed by atoms with E-state index in [0.29, 0.717) is 6.04 Å². The summed E-state index contributed by atoms with van der Waals surface area (Å²) in [4.78, 5) is 0. The molecule has 98 valence electrons. The van der Waals surface area contributed by atoms with Crippen molar-refractivity contribution < 1.29 is 4.74 Å². The van der Waals surface area contributed by atoms with Crippen LogP contribution in [0.4, 0.5) is 0 Å². The summed E-state index contributed by atoms with van der Waals surface area (Å²) >= 11 is 0. The lowest BCUT2D eigenvalue weighted by molar-refractivity contribution is 0.0846. The fourth-order valence-corrected chi connectivity index (χ4v) is 3.03. The molecule has 0 amide bonds. The molecule has 0 aliphatic carbocycles. The Morgan fingerprint density at radius 3 is 2.94 bits per heavy atom. The maximum absolute atomic E-state index is 6.04. The van der Waals surface area contributed by atoms with Gasteiger partial charge in [-0.2, -0.15) is 0 Å². The Hall–Kier alpha value is -1.02. The van der Waals surface area contributed by atoms with E-state index in [-0.39, 0.29) is 5.60 Å². The molecule has 18 heavy (non-hydrogen) atoms. The molecule has 2 aliphatic rings. The number of rotatable bonds is 1. The van der Waals surface area contributed by atoms with E-state index in [1.807, 2.05) is 0 Å². The zero-order chi connectivity index (χ0) is 12.6. The normalized spacial score (nSPS) is 26.2. The second-order valence-corrected chi connectivity index (χ2v) is 6.23. The third-order valence-corrected chi connectivity index (χ3v) is 4.18. The molecule has 2 nitrogen and oxygen atoms in total. The summed E-state index contributed by atoms with van der Waals surface area (Å²) < 4.78 is 6.04. The van der Waals surface area contributed by atoms with E-state index in [1.165, 1.54) is 30.4 Å². The van der Waals surface area contributed by atoms with Crippen LogP contribution in [0.5, 0.6) is 5.75 Å². The first-order chi connectivity index (χ1) is 8.64. The number of hydrogen-bond acceptors (Lipinski definition) is 2. The lowest BCUT2D eigenvalue weighted by Gasteiger charge is -2.33. The molecule has 2 aliphatic heterocycles. The van der Waals surface area contributed by atoms with Crippen LogP contribution in [-0.2, 0) is 6.42 Å². The van der Waals surface area contributed by atoms with Crippen molar-refractivity contribution in [2.45, 2.75) is 57.6 Å². The van der Waals surface area contributed by atoms with Gasteiger partial charge < -0.3 is 10.1 Å². The highest BCUT2D eigenvalue weighted by Crippen LogP contribution is 2.35. The van der Waals surface area contributed by atoms with E-state index < -0.39 is 0 Å². The summed E-state index contributed by atoms with van der Waals surface area (Å²) in [6.45, 7) is 5.50. The van der Waals surface area contributed by atoms with E-state index in [1.54, 1.807) is 0 Å². The van der Waals surface area contributed by atoms with Crippen molar-refractivity contribution >= 4 is 0 Å². The lowest BCUT2D eigenvalue weighted by Crippen LogP contribution is -2.33. The van der Waals surface area contributed by atoms with Gasteiger partial charge in [0.05, 0.1) is 0 Å². The standard InChI is InChI=1S/C16H23NO/c1-16(2)9-8-13-11-12(6-7-15(13)18-16)14-5-3-4-10-17-14/h6-7,11,14,17H,3-5,8-10H2,1-2H3. The van der Waals surface area contributed by atoms with Crippen molar-refractivity contribution in [2.24, 2.45) is 0 Å². The van der Waals surface area contributed by atoms with Crippen LogP contribution in [0.2, 0.25) is 0 Å². The van der Waals surface area contributed by atoms with Crippen LogP contribution in [0.15, 0.2) is 18.2 Å². The highest BCUT2D eigenvalue weighted by Gasteiger charge is 2.27. The Balaban J connectivity index is 1.83. The van der Waals surface area contributed by atoms with Crippen LogP contribution in [0, 0.1) is 0 Å². The number of nitrogens with one attached hydrogen (secondary N) is 1. The number of ether oxygens (including phenoxy) is 1. The van der Waals surface area contributed by atoms with Crippen molar-refractivity contribution in [1.29, 1.82) is 0 Å². The Morgan fingerprint density at radius 2 is 2.17 bits per heavy atom. The van der Waals surface area contributed by atoms with Gasteiger partial charge in [0, 0.05) is 6.04 Å². The molecule has 1 fully saturated rings. The SMILES string of the molecule is CC1(C)CCc2cc(C3CCCCN3)ccc2O1. The minimum absolute atomic E-state index is 0.00238. The third-order valence-electron chi connectivity index (χ3n) is 4.18. The van der Waals surface area contributed by atoms with Crippen LogP contribution in [0.3, 0.4) is 0 Å². The second-order valence-electron chi connectivity index (χ2n) is 6.23. The smallest absolute Gasteiger partial charge is 0.123 e. The van der Waals surface area contributed by atoms with Gasteiger partial charge in [0.1, 0.15) is 11.4 Å². The first-order valence-electron chi connectivity index (χ1n) is 7.19. The Kier molecular flexibility index (Phi) is 3.06. The average Bonchev–Trinajstić information content (AvgIpc) is 2.38. The van der Waals surface area contributed by atoms with Crippen molar-refractivity contribution in [3.8, 4) is 5.75 Å². The number of aryl methyl sites for hydroxylation is 1. The van der Waals surface area contributed by atoms with Crippen molar-refractivity contribution in [3.63, 3.8) is 0 Å². The van der Waals surface area contributed by atoms with E-state index in [4.69, 9.17) is 4.74 Å². The molecular formula is C16H23NO. The van der Waals surface area contributed by atoms with Crippen LogP contribution in [-0.4, -0.2) is 12.1 Å². The fourth-order valence-electron chi connectivity index (χ4n) is 3.03. The van der Waals surface area contributed by atoms with E-state index in [2.05, 4.69) is 37.4 Å². The van der Waals surface area contributed by atoms with E-state index in [9.17, 15) is 0 Å². The van der Waals surface area contributed by atoms with Gasteiger partial charge in [-0.05, 0) is 63.3 Å². The summed E-state index contributed by atoms with van der Waals surface area (Å²) in [7, 11) is 0. The second kappa shape index (κ2) is 4.58. The molecule has 2 heteroatoms. The fraction of sp³-hybridized carbons (Fsp3) is 0.625. The topological polar surface area (TPSA) is 21.3 Å². The first-order valence-corrected chi connectivity index (χ1v) is 7.19. The van der Waals surface area contributed by atoms with Gasteiger partial charge in [0.15, 0.2) is 0 Å². The maximum atomic E-state index is 6.04. The molecule has 1 unspecified atom stereocenters. The molecule has 1 saturated heterocycles. The Bertz CT molecular complexity index is 433. The van der Waals surface area contributed by atoms with Crippen LogP contribution in [0.25, 0.3) is 0 Å². The largest absolute Gasteiger partial charge is 0.488 e. The number of hydrogen-bond donors (Lipinski definition) is 1. The van der Waals surface area contributed by atoms with E-state index in [0.717, 1.165) is 25.1 Å². The predicted molar refractivity (Wildman–Crippen MR) is 74.1 cm³/mol. The summed E-state index contributed by atoms with van der Waals surface area (Å²) in [5.74, 6) is 1.09. The van der Waals surface area contributed by atoms with Gasteiger partial charge in [-0.15, -0.1) is 0 Å². The van der Waals surface area contributed by atoms with Gasteiger partial charge in [0.25, 0.3) is 0 Å². The molecule has 0 saturated carbocycles. The molecule has 0 radical (unpaired) electrons. The zero-order valence-corrected chi connectivity index (χ0v) is 11.5. The Morgan fingerprint density at radius 1 is 1.28 bits per heavy atom. The quantitative estimate of drug-likeness (QED) is 0.816.